The largest absolute Gasteiger partial charge is 0.496 e. The number of para-hydroxylation sites is 2. The van der Waals surface area contributed by atoms with Crippen LogP contribution in [0.4, 0.5) is 0 Å². The van der Waals surface area contributed by atoms with Crippen molar-refractivity contribution in [3.63, 3.8) is 0 Å². The number of benzene rings is 2. The summed E-state index contributed by atoms with van der Waals surface area (Å²) in [5, 5.41) is 4.09. The molecule has 30 heavy (non-hydrogen) atoms. The Bertz CT molecular complexity index is 1120. The van der Waals surface area contributed by atoms with Crippen molar-refractivity contribution in [3.05, 3.63) is 82.7 Å². The van der Waals surface area contributed by atoms with E-state index in [-0.39, 0.29) is 5.91 Å². The molecule has 3 rings (SSSR count). The highest BCUT2D eigenvalue weighted by atomic mass is 16.5. The van der Waals surface area contributed by atoms with Gasteiger partial charge in [-0.1, -0.05) is 24.3 Å². The maximum absolute atomic E-state index is 12.4. The maximum atomic E-state index is 12.4. The molecule has 0 saturated carbocycles. The third kappa shape index (κ3) is 4.10. The van der Waals surface area contributed by atoms with Crippen LogP contribution in [0.25, 0.3) is 5.69 Å². The normalized spacial score (nSPS) is 10.8. The van der Waals surface area contributed by atoms with E-state index in [2.05, 4.69) is 10.5 Å². The van der Waals surface area contributed by atoms with Crippen molar-refractivity contribution < 1.29 is 19.1 Å². The van der Waals surface area contributed by atoms with Crippen molar-refractivity contribution in [1.82, 2.24) is 9.99 Å². The Morgan fingerprint density at radius 1 is 1.00 bits per heavy atom. The predicted octanol–water partition coefficient (Wildman–Crippen LogP) is 3.65. The summed E-state index contributed by atoms with van der Waals surface area (Å²) >= 11 is 0. The molecule has 0 unspecified atom stereocenters. The van der Waals surface area contributed by atoms with Gasteiger partial charge >= 0.3 is 5.97 Å². The number of methoxy groups -OCH3 is 2. The Kier molecular flexibility index (Phi) is 6.32. The molecule has 1 heterocycles. The second kappa shape index (κ2) is 9.09. The molecule has 0 spiro atoms. The lowest BCUT2D eigenvalue weighted by Gasteiger charge is -2.13. The van der Waals surface area contributed by atoms with Crippen LogP contribution in [0.15, 0.2) is 59.7 Å². The summed E-state index contributed by atoms with van der Waals surface area (Å²) in [5.74, 6) is -0.297. The first-order chi connectivity index (χ1) is 14.5. The average Bonchev–Trinajstić information content (AvgIpc) is 3.05. The molecule has 0 bridgehead atoms. The van der Waals surface area contributed by atoms with E-state index in [0.29, 0.717) is 16.9 Å². The van der Waals surface area contributed by atoms with E-state index in [4.69, 9.17) is 9.47 Å². The number of hydrogen-bond donors (Lipinski definition) is 1. The summed E-state index contributed by atoms with van der Waals surface area (Å²) in [7, 11) is 2.87. The molecular weight excluding hydrogens is 382 g/mol. The van der Waals surface area contributed by atoms with Gasteiger partial charge in [-0.15, -0.1) is 0 Å². The van der Waals surface area contributed by atoms with E-state index in [1.54, 1.807) is 42.6 Å². The summed E-state index contributed by atoms with van der Waals surface area (Å²) in [5.41, 5.74) is 6.71. The van der Waals surface area contributed by atoms with Crippen molar-refractivity contribution >= 4 is 18.1 Å². The molecule has 154 valence electrons. The molecule has 0 aliphatic heterocycles. The summed E-state index contributed by atoms with van der Waals surface area (Å²) in [4.78, 5) is 24.5. The number of amides is 1. The number of ether oxygens (including phenoxy) is 2. The van der Waals surface area contributed by atoms with Gasteiger partial charge in [0, 0.05) is 17.0 Å². The fourth-order valence-corrected chi connectivity index (χ4v) is 3.29. The first-order valence-corrected chi connectivity index (χ1v) is 9.31. The van der Waals surface area contributed by atoms with Crippen LogP contribution in [-0.4, -0.2) is 36.9 Å². The van der Waals surface area contributed by atoms with Crippen LogP contribution in [0.2, 0.25) is 0 Å². The van der Waals surface area contributed by atoms with Crippen molar-refractivity contribution in [1.29, 1.82) is 0 Å². The number of rotatable bonds is 6. The molecular formula is C23H23N3O4. The third-order valence-corrected chi connectivity index (χ3v) is 4.74. The molecule has 0 atom stereocenters. The van der Waals surface area contributed by atoms with Gasteiger partial charge in [0.1, 0.15) is 5.75 Å². The Labute approximate surface area is 174 Å². The predicted molar refractivity (Wildman–Crippen MR) is 115 cm³/mol. The van der Waals surface area contributed by atoms with Gasteiger partial charge in [-0.25, -0.2) is 10.2 Å². The van der Waals surface area contributed by atoms with Crippen LogP contribution >= 0.6 is 0 Å². The molecule has 0 radical (unpaired) electrons. The third-order valence-electron chi connectivity index (χ3n) is 4.74. The number of carbonyl (C=O) groups excluding carboxylic acids is 2. The van der Waals surface area contributed by atoms with Crippen molar-refractivity contribution in [2.24, 2.45) is 5.10 Å². The molecule has 0 fully saturated rings. The number of esters is 1. The van der Waals surface area contributed by atoms with E-state index in [1.807, 2.05) is 36.6 Å². The number of nitrogens with one attached hydrogen (secondary N) is 1. The van der Waals surface area contributed by atoms with Gasteiger partial charge in [0.15, 0.2) is 0 Å². The second-order valence-corrected chi connectivity index (χ2v) is 6.57. The maximum Gasteiger partial charge on any atom is 0.339 e. The number of nitrogens with zero attached hydrogens (tertiary/aromatic N) is 2. The minimum absolute atomic E-state index is 0.367. The summed E-state index contributed by atoms with van der Waals surface area (Å²) < 4.78 is 12.1. The highest BCUT2D eigenvalue weighted by Gasteiger charge is 2.17. The second-order valence-electron chi connectivity index (χ2n) is 6.57. The zero-order valence-electron chi connectivity index (χ0n) is 17.3. The molecule has 0 aliphatic carbocycles. The Morgan fingerprint density at radius 3 is 2.37 bits per heavy atom. The quantitative estimate of drug-likeness (QED) is 0.386. The molecule has 1 amide bonds. The molecule has 7 nitrogen and oxygen atoms in total. The molecule has 2 aromatic carbocycles. The molecule has 7 heteroatoms. The van der Waals surface area contributed by atoms with Crippen LogP contribution in [0.1, 0.15) is 37.7 Å². The van der Waals surface area contributed by atoms with E-state index in [0.717, 1.165) is 22.6 Å². The molecule has 1 N–H and O–H groups in total. The van der Waals surface area contributed by atoms with Crippen molar-refractivity contribution in [2.45, 2.75) is 13.8 Å². The van der Waals surface area contributed by atoms with E-state index < -0.39 is 5.97 Å². The smallest absolute Gasteiger partial charge is 0.339 e. The van der Waals surface area contributed by atoms with E-state index in [1.165, 1.54) is 14.2 Å². The number of hydrogen-bond acceptors (Lipinski definition) is 5. The minimum Gasteiger partial charge on any atom is -0.496 e. The number of aromatic nitrogens is 1. The van der Waals surface area contributed by atoms with Crippen molar-refractivity contribution in [2.75, 3.05) is 14.2 Å². The zero-order valence-corrected chi connectivity index (χ0v) is 17.3. The standard InChI is InChI=1S/C23H23N3O4/c1-15-13-17(14-24-25-22(27)19-10-6-8-12-21(19)29-3)16(2)26(15)20-11-7-5-9-18(20)23(28)30-4/h5-14H,1-4H3,(H,25,27)/b24-14-. The molecule has 1 aromatic heterocycles. The summed E-state index contributed by atoms with van der Waals surface area (Å²) in [6.07, 6.45) is 1.58. The average molecular weight is 405 g/mol. The summed E-state index contributed by atoms with van der Waals surface area (Å²) in [6, 6.07) is 16.1. The Morgan fingerprint density at radius 2 is 1.67 bits per heavy atom. The van der Waals surface area contributed by atoms with Gasteiger partial charge < -0.3 is 14.0 Å². The fourth-order valence-electron chi connectivity index (χ4n) is 3.29. The van der Waals surface area contributed by atoms with Crippen LogP contribution in [0, 0.1) is 13.8 Å². The lowest BCUT2D eigenvalue weighted by molar-refractivity contribution is 0.0600. The van der Waals surface area contributed by atoms with Gasteiger partial charge in [-0.3, -0.25) is 4.79 Å². The van der Waals surface area contributed by atoms with Crippen LogP contribution < -0.4 is 10.2 Å². The highest BCUT2D eigenvalue weighted by molar-refractivity contribution is 5.97. The van der Waals surface area contributed by atoms with Crippen LogP contribution in [-0.2, 0) is 4.74 Å². The number of aryl methyl sites for hydroxylation is 1. The first-order valence-electron chi connectivity index (χ1n) is 9.31. The molecule has 0 saturated heterocycles. The Balaban J connectivity index is 1.87. The zero-order chi connectivity index (χ0) is 21.7. The van der Waals surface area contributed by atoms with Gasteiger partial charge in [0.2, 0.25) is 0 Å². The van der Waals surface area contributed by atoms with Gasteiger partial charge in [0.05, 0.1) is 37.2 Å². The SMILES string of the molecule is COC(=O)c1ccccc1-n1c(C)cc(/C=N\NC(=O)c2ccccc2OC)c1C. The van der Waals surface area contributed by atoms with E-state index >= 15 is 0 Å². The number of carbonyl (C=O) groups is 2. The lowest BCUT2D eigenvalue weighted by Crippen LogP contribution is -2.18. The van der Waals surface area contributed by atoms with Gasteiger partial charge in [-0.2, -0.15) is 5.10 Å². The van der Waals surface area contributed by atoms with Crippen LogP contribution in [0.3, 0.4) is 0 Å². The topological polar surface area (TPSA) is 81.9 Å². The monoisotopic (exact) mass is 405 g/mol. The van der Waals surface area contributed by atoms with Crippen LogP contribution in [0.5, 0.6) is 5.75 Å². The first kappa shape index (κ1) is 20.9. The van der Waals surface area contributed by atoms with E-state index in [9.17, 15) is 9.59 Å². The van der Waals surface area contributed by atoms with Crippen molar-refractivity contribution in [3.8, 4) is 11.4 Å². The van der Waals surface area contributed by atoms with Gasteiger partial charge in [0.25, 0.3) is 5.91 Å². The number of hydrazone groups is 1. The lowest BCUT2D eigenvalue weighted by atomic mass is 10.1. The fraction of sp³-hybridized carbons (Fsp3) is 0.174. The summed E-state index contributed by atoms with van der Waals surface area (Å²) in [6.45, 7) is 3.86. The van der Waals surface area contributed by atoms with Gasteiger partial charge in [-0.05, 0) is 44.2 Å². The highest BCUT2D eigenvalue weighted by Crippen LogP contribution is 2.23. The Hall–Kier alpha value is -3.87. The molecule has 0 aliphatic rings. The molecule has 3 aromatic rings. The minimum atomic E-state index is -0.405.